The van der Waals surface area contributed by atoms with E-state index in [0.29, 0.717) is 11.3 Å². The Bertz CT molecular complexity index is 651. The minimum Gasteiger partial charge on any atom is -1.00 e. The molecule has 0 bridgehead atoms. The molecule has 0 radical (unpaired) electrons. The van der Waals surface area contributed by atoms with Crippen LogP contribution >= 0.6 is 11.3 Å². The average Bonchev–Trinajstić information content (AvgIpc) is 2.55. The smallest absolute Gasteiger partial charge is 1.00 e. The number of fused-ring (bicyclic) bond motifs is 1. The Morgan fingerprint density at radius 1 is 1.41 bits per heavy atom. The van der Waals surface area contributed by atoms with Gasteiger partial charge in [0.15, 0.2) is 4.21 Å². The van der Waals surface area contributed by atoms with Gasteiger partial charge in [0.2, 0.25) is 0 Å². The average molecular weight is 298 g/mol. The fraction of sp³-hybridized carbons (Fsp3) is 0.200. The Kier molecular flexibility index (Phi) is 5.19. The van der Waals surface area contributed by atoms with Crippen LogP contribution in [0.15, 0.2) is 22.4 Å². The van der Waals surface area contributed by atoms with Crippen molar-refractivity contribution in [2.75, 3.05) is 7.11 Å². The summed E-state index contributed by atoms with van der Waals surface area (Å²) < 4.78 is 37.1. The first kappa shape index (κ1) is 15.6. The molecular weight excluding hydrogens is 287 g/mol. The number of benzene rings is 1. The molecular formula is C10H11KO4S2. The first-order valence-electron chi connectivity index (χ1n) is 4.48. The number of hydrogen-bond acceptors (Lipinski definition) is 4. The zero-order chi connectivity index (χ0) is 11.9. The molecule has 2 rings (SSSR count). The molecule has 0 amide bonds. The zero-order valence-corrected chi connectivity index (χ0v) is 14.5. The molecule has 88 valence electrons. The number of thiophene rings is 1. The number of aryl methyl sites for hydroxylation is 1. The number of methoxy groups -OCH3 is 1. The molecule has 1 aromatic heterocycles. The summed E-state index contributed by atoms with van der Waals surface area (Å²) in [5.74, 6) is 0.662. The second kappa shape index (κ2) is 5.66. The Morgan fingerprint density at radius 2 is 2.06 bits per heavy atom. The van der Waals surface area contributed by atoms with Gasteiger partial charge in [-0.2, -0.15) is 8.42 Å². The second-order valence-corrected chi connectivity index (χ2v) is 6.02. The van der Waals surface area contributed by atoms with E-state index in [9.17, 15) is 8.42 Å². The van der Waals surface area contributed by atoms with Crippen LogP contribution in [0, 0.1) is 6.92 Å². The molecule has 0 aliphatic rings. The van der Waals surface area contributed by atoms with Crippen molar-refractivity contribution in [1.82, 2.24) is 0 Å². The summed E-state index contributed by atoms with van der Waals surface area (Å²) in [6.07, 6.45) is 0. The van der Waals surface area contributed by atoms with Gasteiger partial charge < -0.3 is 6.16 Å². The molecule has 0 fully saturated rings. The topological polar surface area (TPSA) is 63.6 Å². The van der Waals surface area contributed by atoms with Crippen molar-refractivity contribution in [2.24, 2.45) is 0 Å². The van der Waals surface area contributed by atoms with E-state index in [1.54, 1.807) is 32.2 Å². The van der Waals surface area contributed by atoms with Gasteiger partial charge in [0.05, 0.1) is 7.11 Å². The van der Waals surface area contributed by atoms with Crippen molar-refractivity contribution >= 4 is 31.5 Å². The standard InChI is InChI=1S/C10H10O4S2.K.H/c1-6-8-5-7(14-2)3-4-9(8)15-10(6)16(11,12)13;;/h3-5H,1-2H3,(H,11,12,13);;/q;+1;-1. The molecule has 1 heterocycles. The molecule has 7 heteroatoms. The SMILES string of the molecule is COc1ccc2sc(S(=O)(=O)O)c(C)c2c1.[H-].[K+]. The van der Waals surface area contributed by atoms with Gasteiger partial charge in [0, 0.05) is 10.1 Å². The van der Waals surface area contributed by atoms with Gasteiger partial charge in [0.25, 0.3) is 0 Å². The molecule has 0 saturated carbocycles. The number of rotatable bonds is 2. The molecule has 2 aromatic rings. The first-order valence-corrected chi connectivity index (χ1v) is 6.74. The minimum absolute atomic E-state index is 0. The van der Waals surface area contributed by atoms with Gasteiger partial charge in [-0.3, -0.25) is 4.55 Å². The van der Waals surface area contributed by atoms with Crippen LogP contribution in [0.2, 0.25) is 0 Å². The maximum absolute atomic E-state index is 11.1. The minimum atomic E-state index is -4.14. The van der Waals surface area contributed by atoms with Crippen molar-refractivity contribution in [1.29, 1.82) is 0 Å². The number of hydrogen-bond donors (Lipinski definition) is 1. The quantitative estimate of drug-likeness (QED) is 0.604. The Hall–Kier alpha value is 0.526. The Balaban J connectivity index is 0.00000144. The predicted molar refractivity (Wildman–Crippen MR) is 64.0 cm³/mol. The molecule has 0 atom stereocenters. The van der Waals surface area contributed by atoms with Crippen LogP contribution in [0.3, 0.4) is 0 Å². The van der Waals surface area contributed by atoms with Gasteiger partial charge in [-0.1, -0.05) is 0 Å². The van der Waals surface area contributed by atoms with Crippen molar-refractivity contribution in [3.05, 3.63) is 23.8 Å². The van der Waals surface area contributed by atoms with E-state index in [0.717, 1.165) is 21.4 Å². The molecule has 0 aliphatic heterocycles. The van der Waals surface area contributed by atoms with Crippen LogP contribution in [-0.4, -0.2) is 20.1 Å². The van der Waals surface area contributed by atoms with E-state index in [1.807, 2.05) is 0 Å². The first-order chi connectivity index (χ1) is 7.43. The third-order valence-electron chi connectivity index (χ3n) is 2.33. The predicted octanol–water partition coefficient (Wildman–Crippen LogP) is -0.418. The van der Waals surface area contributed by atoms with Gasteiger partial charge in [0.1, 0.15) is 5.75 Å². The molecule has 1 N–H and O–H groups in total. The van der Waals surface area contributed by atoms with Crippen LogP contribution in [0.25, 0.3) is 10.1 Å². The van der Waals surface area contributed by atoms with E-state index >= 15 is 0 Å². The van der Waals surface area contributed by atoms with E-state index in [2.05, 4.69) is 0 Å². The van der Waals surface area contributed by atoms with Gasteiger partial charge >= 0.3 is 61.5 Å². The Morgan fingerprint density at radius 3 is 2.59 bits per heavy atom. The van der Waals surface area contributed by atoms with Crippen LogP contribution in [0.4, 0.5) is 0 Å². The third kappa shape index (κ3) is 3.10. The molecule has 0 unspecified atom stereocenters. The molecule has 0 spiro atoms. The van der Waals surface area contributed by atoms with Crippen LogP contribution in [0.1, 0.15) is 6.99 Å². The summed E-state index contributed by atoms with van der Waals surface area (Å²) in [6, 6.07) is 5.29. The summed E-state index contributed by atoms with van der Waals surface area (Å²) in [5.41, 5.74) is 0.557. The molecule has 1 aromatic carbocycles. The monoisotopic (exact) mass is 298 g/mol. The summed E-state index contributed by atoms with van der Waals surface area (Å²) >= 11 is 1.06. The number of ether oxygens (including phenoxy) is 1. The fourth-order valence-electron chi connectivity index (χ4n) is 1.55. The molecule has 4 nitrogen and oxygen atoms in total. The summed E-state index contributed by atoms with van der Waals surface area (Å²) in [5, 5.41) is 0.789. The van der Waals surface area contributed by atoms with Gasteiger partial charge in [-0.15, -0.1) is 11.3 Å². The third-order valence-corrected chi connectivity index (χ3v) is 5.06. The van der Waals surface area contributed by atoms with Crippen molar-refractivity contribution in [3.63, 3.8) is 0 Å². The summed E-state index contributed by atoms with van der Waals surface area (Å²) in [7, 11) is -2.59. The van der Waals surface area contributed by atoms with E-state index in [-0.39, 0.29) is 57.0 Å². The van der Waals surface area contributed by atoms with Crippen molar-refractivity contribution in [2.45, 2.75) is 11.1 Å². The van der Waals surface area contributed by atoms with Crippen LogP contribution in [-0.2, 0) is 10.1 Å². The van der Waals surface area contributed by atoms with E-state index in [4.69, 9.17) is 9.29 Å². The zero-order valence-electron chi connectivity index (χ0n) is 10.7. The van der Waals surface area contributed by atoms with Crippen molar-refractivity contribution in [3.8, 4) is 5.75 Å². The maximum Gasteiger partial charge on any atom is 1.00 e. The largest absolute Gasteiger partial charge is 1.00 e. The fourth-order valence-corrected chi connectivity index (χ4v) is 3.66. The normalized spacial score (nSPS) is 11.2. The Labute approximate surface area is 148 Å². The van der Waals surface area contributed by atoms with Crippen LogP contribution < -0.4 is 56.1 Å². The van der Waals surface area contributed by atoms with E-state index < -0.39 is 10.1 Å². The molecule has 0 saturated heterocycles. The van der Waals surface area contributed by atoms with Crippen molar-refractivity contribution < 1.29 is 70.5 Å². The van der Waals surface area contributed by atoms with Gasteiger partial charge in [-0.05, 0) is 30.7 Å². The van der Waals surface area contributed by atoms with Crippen LogP contribution in [0.5, 0.6) is 5.75 Å². The van der Waals surface area contributed by atoms with E-state index in [1.165, 1.54) is 0 Å². The maximum atomic E-state index is 11.1. The molecule has 17 heavy (non-hydrogen) atoms. The second-order valence-electron chi connectivity index (χ2n) is 3.35. The summed E-state index contributed by atoms with van der Waals surface area (Å²) in [6.45, 7) is 1.67. The van der Waals surface area contributed by atoms with Gasteiger partial charge in [-0.25, -0.2) is 0 Å². The summed E-state index contributed by atoms with van der Waals surface area (Å²) in [4.78, 5) is 0. The molecule has 0 aliphatic carbocycles.